The SMILES string of the molecule is CNCCCCc1ccc(OCCN(CC2CCOC(C)O2)CC2CCOC(C)O2)cc1. The minimum Gasteiger partial charge on any atom is -0.492 e. The Morgan fingerprint density at radius 1 is 0.938 bits per heavy atom. The zero-order valence-corrected chi connectivity index (χ0v) is 20.1. The molecule has 2 saturated heterocycles. The van der Waals surface area contributed by atoms with Crippen molar-refractivity contribution >= 4 is 0 Å². The van der Waals surface area contributed by atoms with Crippen molar-refractivity contribution in [1.82, 2.24) is 10.2 Å². The molecule has 0 radical (unpaired) electrons. The van der Waals surface area contributed by atoms with Gasteiger partial charge in [-0.1, -0.05) is 12.1 Å². The Hall–Kier alpha value is -1.22. The summed E-state index contributed by atoms with van der Waals surface area (Å²) in [4.78, 5) is 2.40. The van der Waals surface area contributed by atoms with Crippen LogP contribution in [0.2, 0.25) is 0 Å². The smallest absolute Gasteiger partial charge is 0.155 e. The molecule has 0 bridgehead atoms. The van der Waals surface area contributed by atoms with Gasteiger partial charge in [-0.25, -0.2) is 0 Å². The molecular weight excluding hydrogens is 408 g/mol. The zero-order chi connectivity index (χ0) is 22.6. The monoisotopic (exact) mass is 450 g/mol. The van der Waals surface area contributed by atoms with Gasteiger partial charge in [0.05, 0.1) is 25.4 Å². The highest BCUT2D eigenvalue weighted by Crippen LogP contribution is 2.18. The largest absolute Gasteiger partial charge is 0.492 e. The zero-order valence-electron chi connectivity index (χ0n) is 20.1. The Kier molecular flexibility index (Phi) is 11.2. The second kappa shape index (κ2) is 14.1. The van der Waals surface area contributed by atoms with Crippen LogP contribution in [0, 0.1) is 0 Å². The number of ether oxygens (including phenoxy) is 5. The molecule has 1 aromatic carbocycles. The molecule has 1 aromatic rings. The highest BCUT2D eigenvalue weighted by Gasteiger charge is 2.26. The molecule has 2 heterocycles. The van der Waals surface area contributed by atoms with E-state index in [2.05, 4.69) is 34.5 Å². The van der Waals surface area contributed by atoms with Crippen LogP contribution in [0.15, 0.2) is 24.3 Å². The number of nitrogens with one attached hydrogen (secondary N) is 1. The molecule has 4 unspecified atom stereocenters. The van der Waals surface area contributed by atoms with Gasteiger partial charge in [0, 0.05) is 19.6 Å². The van der Waals surface area contributed by atoms with Crippen LogP contribution in [0.4, 0.5) is 0 Å². The molecule has 2 aliphatic rings. The topological polar surface area (TPSA) is 61.4 Å². The van der Waals surface area contributed by atoms with Crippen molar-refractivity contribution < 1.29 is 23.7 Å². The molecule has 0 aromatic heterocycles. The number of aryl methyl sites for hydroxylation is 1. The molecular formula is C25H42N2O5. The summed E-state index contributed by atoms with van der Waals surface area (Å²) in [6.07, 6.45) is 5.45. The maximum Gasteiger partial charge on any atom is 0.155 e. The number of hydrogen-bond donors (Lipinski definition) is 1. The Balaban J connectivity index is 1.45. The standard InChI is InChI=1S/C25H42N2O5/c1-20-28-15-11-24(31-20)18-27(19-25-12-16-29-21(2)32-25)14-17-30-23-9-7-22(8-10-23)6-4-5-13-26-3/h7-10,20-21,24-26H,4-6,11-19H2,1-3H3. The average molecular weight is 451 g/mol. The minimum atomic E-state index is -0.136. The van der Waals surface area contributed by atoms with E-state index in [1.54, 1.807) is 0 Å². The number of rotatable bonds is 13. The summed E-state index contributed by atoms with van der Waals surface area (Å²) in [7, 11) is 2.00. The summed E-state index contributed by atoms with van der Waals surface area (Å²) < 4.78 is 29.1. The van der Waals surface area contributed by atoms with Crippen LogP contribution in [-0.4, -0.2) is 82.7 Å². The summed E-state index contributed by atoms with van der Waals surface area (Å²) in [5.41, 5.74) is 1.37. The fraction of sp³-hybridized carbons (Fsp3) is 0.760. The van der Waals surface area contributed by atoms with Crippen molar-refractivity contribution in [1.29, 1.82) is 0 Å². The summed E-state index contributed by atoms with van der Waals surface area (Å²) in [5.74, 6) is 0.927. The summed E-state index contributed by atoms with van der Waals surface area (Å²) in [6, 6.07) is 8.54. The van der Waals surface area contributed by atoms with E-state index >= 15 is 0 Å². The van der Waals surface area contributed by atoms with E-state index in [9.17, 15) is 0 Å². The fourth-order valence-corrected chi connectivity index (χ4v) is 4.27. The van der Waals surface area contributed by atoms with Gasteiger partial charge in [0.25, 0.3) is 0 Å². The van der Waals surface area contributed by atoms with Crippen LogP contribution in [0.3, 0.4) is 0 Å². The Morgan fingerprint density at radius 3 is 2.12 bits per heavy atom. The molecule has 7 heteroatoms. The van der Waals surface area contributed by atoms with E-state index in [1.165, 1.54) is 18.4 Å². The van der Waals surface area contributed by atoms with Gasteiger partial charge in [-0.15, -0.1) is 0 Å². The molecule has 0 amide bonds. The molecule has 0 aliphatic carbocycles. The summed E-state index contributed by atoms with van der Waals surface area (Å²) in [6.45, 7) is 9.70. The van der Waals surface area contributed by atoms with Crippen molar-refractivity contribution in [2.75, 3.05) is 53.0 Å². The lowest BCUT2D eigenvalue weighted by Gasteiger charge is -2.36. The second-order valence-corrected chi connectivity index (χ2v) is 8.78. The number of benzene rings is 1. The van der Waals surface area contributed by atoms with E-state index in [1.807, 2.05) is 20.9 Å². The lowest BCUT2D eigenvalue weighted by molar-refractivity contribution is -0.216. The average Bonchev–Trinajstić information content (AvgIpc) is 2.78. The van der Waals surface area contributed by atoms with E-state index in [-0.39, 0.29) is 24.8 Å². The highest BCUT2D eigenvalue weighted by atomic mass is 16.7. The van der Waals surface area contributed by atoms with Crippen LogP contribution in [0.1, 0.15) is 45.1 Å². The second-order valence-electron chi connectivity index (χ2n) is 8.78. The van der Waals surface area contributed by atoms with Gasteiger partial charge in [-0.2, -0.15) is 0 Å². The quantitative estimate of drug-likeness (QED) is 0.463. The normalized spacial score (nSPS) is 26.4. The van der Waals surface area contributed by atoms with Crippen LogP contribution >= 0.6 is 0 Å². The maximum atomic E-state index is 6.07. The van der Waals surface area contributed by atoms with Crippen LogP contribution in [0.25, 0.3) is 0 Å². The third kappa shape index (κ3) is 9.33. The summed E-state index contributed by atoms with van der Waals surface area (Å²) in [5, 5.41) is 3.20. The van der Waals surface area contributed by atoms with Crippen LogP contribution in [0.5, 0.6) is 5.75 Å². The molecule has 4 atom stereocenters. The Bertz CT molecular complexity index is 605. The Labute approximate surface area is 193 Å². The number of hydrogen-bond acceptors (Lipinski definition) is 7. The number of nitrogens with zero attached hydrogens (tertiary/aromatic N) is 1. The first-order valence-electron chi connectivity index (χ1n) is 12.2. The van der Waals surface area contributed by atoms with Gasteiger partial charge in [0.1, 0.15) is 12.4 Å². The molecule has 7 nitrogen and oxygen atoms in total. The molecule has 2 aliphatic heterocycles. The predicted molar refractivity (Wildman–Crippen MR) is 125 cm³/mol. The molecule has 0 saturated carbocycles. The van der Waals surface area contributed by atoms with Crippen molar-refractivity contribution in [3.63, 3.8) is 0 Å². The molecule has 1 N–H and O–H groups in total. The molecule has 182 valence electrons. The first kappa shape index (κ1) is 25.4. The predicted octanol–water partition coefficient (Wildman–Crippen LogP) is 3.21. The Morgan fingerprint density at radius 2 is 1.56 bits per heavy atom. The van der Waals surface area contributed by atoms with Gasteiger partial charge in [-0.3, -0.25) is 4.90 Å². The van der Waals surface area contributed by atoms with Crippen molar-refractivity contribution in [3.8, 4) is 5.75 Å². The van der Waals surface area contributed by atoms with Crippen molar-refractivity contribution in [2.45, 2.75) is 70.7 Å². The van der Waals surface area contributed by atoms with E-state index in [0.717, 1.165) is 64.4 Å². The van der Waals surface area contributed by atoms with E-state index in [0.29, 0.717) is 6.61 Å². The molecule has 3 rings (SSSR count). The van der Waals surface area contributed by atoms with E-state index in [4.69, 9.17) is 23.7 Å². The third-order valence-corrected chi connectivity index (χ3v) is 6.02. The maximum absolute atomic E-state index is 6.07. The fourth-order valence-electron chi connectivity index (χ4n) is 4.27. The first-order valence-corrected chi connectivity index (χ1v) is 12.2. The van der Waals surface area contributed by atoms with Crippen molar-refractivity contribution in [2.24, 2.45) is 0 Å². The van der Waals surface area contributed by atoms with Gasteiger partial charge < -0.3 is 29.0 Å². The third-order valence-electron chi connectivity index (χ3n) is 6.02. The minimum absolute atomic E-state index is 0.136. The lowest BCUT2D eigenvalue weighted by atomic mass is 10.1. The van der Waals surface area contributed by atoms with Gasteiger partial charge in [0.15, 0.2) is 12.6 Å². The van der Waals surface area contributed by atoms with Gasteiger partial charge in [0.2, 0.25) is 0 Å². The van der Waals surface area contributed by atoms with E-state index < -0.39 is 0 Å². The number of unbranched alkanes of at least 4 members (excludes halogenated alkanes) is 1. The van der Waals surface area contributed by atoms with Gasteiger partial charge in [-0.05, 0) is 77.2 Å². The van der Waals surface area contributed by atoms with Crippen molar-refractivity contribution in [3.05, 3.63) is 29.8 Å². The molecule has 2 fully saturated rings. The van der Waals surface area contributed by atoms with Crippen LogP contribution < -0.4 is 10.1 Å². The van der Waals surface area contributed by atoms with Crippen LogP contribution in [-0.2, 0) is 25.4 Å². The summed E-state index contributed by atoms with van der Waals surface area (Å²) >= 11 is 0. The molecule has 32 heavy (non-hydrogen) atoms. The first-order chi connectivity index (χ1) is 15.6. The van der Waals surface area contributed by atoms with Gasteiger partial charge >= 0.3 is 0 Å². The highest BCUT2D eigenvalue weighted by molar-refractivity contribution is 5.27. The lowest BCUT2D eigenvalue weighted by Crippen LogP contribution is -2.46. The molecule has 0 spiro atoms.